The summed E-state index contributed by atoms with van der Waals surface area (Å²) in [5.41, 5.74) is 5.91. The Kier molecular flexibility index (Phi) is 3.80. The average Bonchev–Trinajstić information content (AvgIpc) is 2.73. The molecule has 0 saturated carbocycles. The van der Waals surface area contributed by atoms with Gasteiger partial charge in [0.1, 0.15) is 5.82 Å². The fourth-order valence-corrected chi connectivity index (χ4v) is 2.32. The van der Waals surface area contributed by atoms with Gasteiger partial charge in [0.2, 0.25) is 5.91 Å². The van der Waals surface area contributed by atoms with Crippen LogP contribution >= 0.6 is 0 Å². The van der Waals surface area contributed by atoms with E-state index in [9.17, 15) is 19.1 Å². The van der Waals surface area contributed by atoms with Crippen molar-refractivity contribution in [1.29, 1.82) is 0 Å². The van der Waals surface area contributed by atoms with Crippen LogP contribution in [0, 0.1) is 11.7 Å². The number of amides is 1. The van der Waals surface area contributed by atoms with Crippen LogP contribution in [0.3, 0.4) is 0 Å². The predicted octanol–water partition coefficient (Wildman–Crippen LogP) is 0.759. The van der Waals surface area contributed by atoms with E-state index in [-0.39, 0.29) is 18.2 Å². The van der Waals surface area contributed by atoms with Crippen LogP contribution in [-0.4, -0.2) is 35.0 Å². The maximum atomic E-state index is 12.9. The van der Waals surface area contributed by atoms with E-state index in [2.05, 4.69) is 0 Å². The van der Waals surface area contributed by atoms with E-state index in [0.717, 1.165) is 0 Å². The molecule has 1 saturated heterocycles. The Morgan fingerprint density at radius 3 is 2.58 bits per heavy atom. The van der Waals surface area contributed by atoms with Crippen LogP contribution in [-0.2, 0) is 9.59 Å². The standard InChI is InChI=1S/C13H15FN2O3/c14-10-3-1-9(2-4-10)12(13(18)19)16-7-8(6-15)5-11(16)17/h1-4,8,12H,5-7,15H2,(H,18,19). The zero-order chi connectivity index (χ0) is 14.0. The molecule has 102 valence electrons. The fraction of sp³-hybridized carbons (Fsp3) is 0.385. The normalized spacial score (nSPS) is 20.6. The van der Waals surface area contributed by atoms with Crippen LogP contribution in [0.4, 0.5) is 4.39 Å². The number of hydrogen-bond acceptors (Lipinski definition) is 3. The lowest BCUT2D eigenvalue weighted by Gasteiger charge is -2.25. The number of nitrogens with zero attached hydrogens (tertiary/aromatic N) is 1. The van der Waals surface area contributed by atoms with Gasteiger partial charge in [0.25, 0.3) is 0 Å². The minimum atomic E-state index is -1.13. The van der Waals surface area contributed by atoms with Gasteiger partial charge in [0.15, 0.2) is 6.04 Å². The number of carboxylic acids is 1. The molecule has 0 radical (unpaired) electrons. The van der Waals surface area contributed by atoms with Gasteiger partial charge in [0, 0.05) is 13.0 Å². The summed E-state index contributed by atoms with van der Waals surface area (Å²) in [5, 5.41) is 9.31. The first-order valence-electron chi connectivity index (χ1n) is 6.00. The number of rotatable bonds is 4. The second-order valence-corrected chi connectivity index (χ2v) is 4.64. The molecular formula is C13H15FN2O3. The molecule has 0 aliphatic carbocycles. The van der Waals surface area contributed by atoms with Crippen molar-refractivity contribution in [3.05, 3.63) is 35.6 Å². The number of hydrogen-bond donors (Lipinski definition) is 2. The maximum absolute atomic E-state index is 12.9. The number of carboxylic acid groups (broad SMARTS) is 1. The minimum Gasteiger partial charge on any atom is -0.479 e. The molecule has 6 heteroatoms. The number of carbonyl (C=O) groups excluding carboxylic acids is 1. The fourth-order valence-electron chi connectivity index (χ4n) is 2.32. The smallest absolute Gasteiger partial charge is 0.331 e. The Morgan fingerprint density at radius 2 is 2.11 bits per heavy atom. The molecule has 3 N–H and O–H groups in total. The predicted molar refractivity (Wildman–Crippen MR) is 65.7 cm³/mol. The second-order valence-electron chi connectivity index (χ2n) is 4.64. The minimum absolute atomic E-state index is 0.0187. The molecule has 0 spiro atoms. The van der Waals surface area contributed by atoms with Gasteiger partial charge >= 0.3 is 5.97 Å². The average molecular weight is 266 g/mol. The van der Waals surface area contributed by atoms with Gasteiger partial charge in [-0.25, -0.2) is 9.18 Å². The number of carbonyl (C=O) groups is 2. The molecule has 1 amide bonds. The van der Waals surface area contributed by atoms with Gasteiger partial charge in [0.05, 0.1) is 0 Å². The molecular weight excluding hydrogens is 251 g/mol. The van der Waals surface area contributed by atoms with Crippen molar-refractivity contribution < 1.29 is 19.1 Å². The highest BCUT2D eigenvalue weighted by atomic mass is 19.1. The molecule has 2 atom stereocenters. The third-order valence-electron chi connectivity index (χ3n) is 3.30. The van der Waals surface area contributed by atoms with Gasteiger partial charge in [-0.05, 0) is 30.2 Å². The van der Waals surface area contributed by atoms with Crippen molar-refractivity contribution >= 4 is 11.9 Å². The van der Waals surface area contributed by atoms with Crippen LogP contribution in [0.25, 0.3) is 0 Å². The molecule has 1 fully saturated rings. The summed E-state index contributed by atoms with van der Waals surface area (Å²) in [6.07, 6.45) is 0.265. The first kappa shape index (κ1) is 13.5. The molecule has 1 heterocycles. The van der Waals surface area contributed by atoms with Gasteiger partial charge in [-0.2, -0.15) is 0 Å². The number of nitrogens with two attached hydrogens (primary N) is 1. The van der Waals surface area contributed by atoms with E-state index in [1.165, 1.54) is 29.2 Å². The van der Waals surface area contributed by atoms with E-state index in [4.69, 9.17) is 5.73 Å². The molecule has 1 aromatic rings. The van der Waals surface area contributed by atoms with E-state index < -0.39 is 17.8 Å². The van der Waals surface area contributed by atoms with Crippen LogP contribution in [0.5, 0.6) is 0 Å². The quantitative estimate of drug-likeness (QED) is 0.842. The molecule has 5 nitrogen and oxygen atoms in total. The number of aliphatic carboxylic acids is 1. The third kappa shape index (κ3) is 2.73. The van der Waals surface area contributed by atoms with E-state index >= 15 is 0 Å². The number of likely N-dealkylation sites (tertiary alicyclic amines) is 1. The molecule has 2 unspecified atom stereocenters. The first-order valence-corrected chi connectivity index (χ1v) is 6.00. The van der Waals surface area contributed by atoms with E-state index in [1.807, 2.05) is 0 Å². The van der Waals surface area contributed by atoms with Gasteiger partial charge in [-0.15, -0.1) is 0 Å². The van der Waals surface area contributed by atoms with Crippen molar-refractivity contribution in [3.8, 4) is 0 Å². The Balaban J connectivity index is 2.28. The Bertz CT molecular complexity index is 489. The second kappa shape index (κ2) is 5.36. The summed E-state index contributed by atoms with van der Waals surface area (Å²) in [6.45, 7) is 0.668. The summed E-state index contributed by atoms with van der Waals surface area (Å²) in [4.78, 5) is 24.6. The summed E-state index contributed by atoms with van der Waals surface area (Å²) >= 11 is 0. The summed E-state index contributed by atoms with van der Waals surface area (Å²) in [6, 6.07) is 4.07. The Hall–Kier alpha value is -1.95. The molecule has 2 rings (SSSR count). The summed E-state index contributed by atoms with van der Waals surface area (Å²) < 4.78 is 12.9. The van der Waals surface area contributed by atoms with Gasteiger partial charge in [-0.3, -0.25) is 4.79 Å². The Morgan fingerprint density at radius 1 is 1.47 bits per heavy atom. The summed E-state index contributed by atoms with van der Waals surface area (Å²) in [7, 11) is 0. The van der Waals surface area contributed by atoms with Crippen molar-refractivity contribution in [1.82, 2.24) is 4.90 Å². The summed E-state index contributed by atoms with van der Waals surface area (Å²) in [5.74, 6) is -1.82. The third-order valence-corrected chi connectivity index (χ3v) is 3.30. The monoisotopic (exact) mass is 266 g/mol. The van der Waals surface area contributed by atoms with Crippen molar-refractivity contribution in [2.24, 2.45) is 11.7 Å². The van der Waals surface area contributed by atoms with Crippen LogP contribution in [0.15, 0.2) is 24.3 Å². The van der Waals surface area contributed by atoms with Crippen LogP contribution < -0.4 is 5.73 Å². The van der Waals surface area contributed by atoms with Crippen molar-refractivity contribution in [2.75, 3.05) is 13.1 Å². The Labute approximate surface area is 109 Å². The van der Waals surface area contributed by atoms with Gasteiger partial charge < -0.3 is 15.7 Å². The zero-order valence-corrected chi connectivity index (χ0v) is 10.3. The number of benzene rings is 1. The molecule has 0 bridgehead atoms. The molecule has 1 aromatic carbocycles. The highest BCUT2D eigenvalue weighted by Gasteiger charge is 2.37. The molecule has 19 heavy (non-hydrogen) atoms. The largest absolute Gasteiger partial charge is 0.479 e. The highest BCUT2D eigenvalue weighted by Crippen LogP contribution is 2.28. The lowest BCUT2D eigenvalue weighted by atomic mass is 10.1. The zero-order valence-electron chi connectivity index (χ0n) is 10.3. The van der Waals surface area contributed by atoms with E-state index in [1.54, 1.807) is 0 Å². The van der Waals surface area contributed by atoms with Crippen molar-refractivity contribution in [2.45, 2.75) is 12.5 Å². The maximum Gasteiger partial charge on any atom is 0.331 e. The van der Waals surface area contributed by atoms with Gasteiger partial charge in [-0.1, -0.05) is 12.1 Å². The molecule has 1 aliphatic rings. The SMILES string of the molecule is NCC1CC(=O)N(C(C(=O)O)c2ccc(F)cc2)C1. The van der Waals surface area contributed by atoms with Crippen molar-refractivity contribution in [3.63, 3.8) is 0 Å². The van der Waals surface area contributed by atoms with E-state index in [0.29, 0.717) is 18.7 Å². The molecule has 0 aromatic heterocycles. The van der Waals surface area contributed by atoms with Crippen LogP contribution in [0.2, 0.25) is 0 Å². The molecule has 1 aliphatic heterocycles. The highest BCUT2D eigenvalue weighted by molar-refractivity contribution is 5.86. The topological polar surface area (TPSA) is 83.6 Å². The number of halogens is 1. The first-order chi connectivity index (χ1) is 9.02. The van der Waals surface area contributed by atoms with Crippen LogP contribution in [0.1, 0.15) is 18.0 Å². The lowest BCUT2D eigenvalue weighted by molar-refractivity contribution is -0.148. The lowest BCUT2D eigenvalue weighted by Crippen LogP contribution is -2.35.